The van der Waals surface area contributed by atoms with Gasteiger partial charge in [-0.3, -0.25) is 14.4 Å². The van der Waals surface area contributed by atoms with Crippen molar-refractivity contribution in [2.75, 3.05) is 0 Å². The molecule has 9 rings (SSSR count). The number of carbonyl (C=O) groups excluding carboxylic acids is 4. The summed E-state index contributed by atoms with van der Waals surface area (Å²) in [6.07, 6.45) is 0. The van der Waals surface area contributed by atoms with Crippen molar-refractivity contribution in [1.29, 1.82) is 0 Å². The highest BCUT2D eigenvalue weighted by Crippen LogP contribution is 2.38. The summed E-state index contributed by atoms with van der Waals surface area (Å²) in [5, 5.41) is 1.36. The average Bonchev–Trinajstić information content (AvgIpc) is 3.85. The van der Waals surface area contributed by atoms with Crippen LogP contribution in [0.4, 0.5) is 4.79 Å². The van der Waals surface area contributed by atoms with Crippen LogP contribution in [0.15, 0.2) is 78.9 Å². The summed E-state index contributed by atoms with van der Waals surface area (Å²) in [5.74, 6) is -2.46. The Morgan fingerprint density at radius 1 is 0.500 bits per heavy atom. The Morgan fingerprint density at radius 3 is 1.38 bits per heavy atom. The lowest BCUT2D eigenvalue weighted by Crippen LogP contribution is -2.26. The number of aromatic amines is 1. The molecule has 9 N–H and O–H groups in total. The van der Waals surface area contributed by atoms with Gasteiger partial charge in [-0.15, -0.1) is 0 Å². The SMILES string of the molecule is NC(=O)c1cc2c3nc4nc(nc5c6ccccc6c(nc6nc(nc([nH]3)c2c(C(N)=O)c1C(N)=O)-c1ccccc1-6)n5C(N)=O)-c1ccccc1-4. The first-order chi connectivity index (χ1) is 25.1. The van der Waals surface area contributed by atoms with Crippen molar-refractivity contribution in [3.63, 3.8) is 0 Å². The van der Waals surface area contributed by atoms with Crippen molar-refractivity contribution in [3.8, 4) is 45.6 Å². The predicted molar refractivity (Wildman–Crippen MR) is 190 cm³/mol. The highest BCUT2D eigenvalue weighted by Gasteiger charge is 2.29. The Balaban J connectivity index is 1.58. The van der Waals surface area contributed by atoms with E-state index < -0.39 is 29.3 Å². The van der Waals surface area contributed by atoms with E-state index in [1.165, 1.54) is 10.6 Å². The molecular weight excluding hydrogens is 664 g/mol. The van der Waals surface area contributed by atoms with Gasteiger partial charge < -0.3 is 27.9 Å². The summed E-state index contributed by atoms with van der Waals surface area (Å²) < 4.78 is 1.21. The zero-order chi connectivity index (χ0) is 36.0. The first kappa shape index (κ1) is 30.2. The van der Waals surface area contributed by atoms with Gasteiger partial charge in [-0.1, -0.05) is 72.8 Å². The molecule has 0 atom stereocenters. The molecule has 0 aliphatic carbocycles. The van der Waals surface area contributed by atoms with Gasteiger partial charge in [-0.25, -0.2) is 39.3 Å². The zero-order valence-corrected chi connectivity index (χ0v) is 26.6. The molecule has 7 aromatic rings. The quantitative estimate of drug-likeness (QED) is 0.180. The summed E-state index contributed by atoms with van der Waals surface area (Å²) in [4.78, 5) is 83.9. The zero-order valence-electron chi connectivity index (χ0n) is 26.6. The summed E-state index contributed by atoms with van der Waals surface area (Å²) >= 11 is 0. The number of hydrogen-bond acceptors (Lipinski definition) is 10. The van der Waals surface area contributed by atoms with E-state index in [0.717, 1.165) is 0 Å². The number of nitrogens with two attached hydrogens (primary N) is 4. The number of carbonyl (C=O) groups is 4. The van der Waals surface area contributed by atoms with E-state index in [9.17, 15) is 19.2 Å². The summed E-state index contributed by atoms with van der Waals surface area (Å²) in [6.45, 7) is 0. The Hall–Kier alpha value is -7.88. The lowest BCUT2D eigenvalue weighted by atomic mass is 9.94. The molecule has 5 heterocycles. The maximum Gasteiger partial charge on any atom is 0.326 e. The van der Waals surface area contributed by atoms with Gasteiger partial charge in [0.1, 0.15) is 11.3 Å². The number of nitrogens with zero attached hydrogens (tertiary/aromatic N) is 7. The molecule has 2 aliphatic heterocycles. The van der Waals surface area contributed by atoms with Gasteiger partial charge in [-0.2, -0.15) is 0 Å². The number of hydrogen-bond donors (Lipinski definition) is 5. The maximum absolute atomic E-state index is 13.2. The van der Waals surface area contributed by atoms with Crippen LogP contribution in [0.2, 0.25) is 0 Å². The van der Waals surface area contributed by atoms with Crippen LogP contribution in [0.5, 0.6) is 0 Å². The van der Waals surface area contributed by atoms with E-state index in [2.05, 4.69) is 4.98 Å². The molecule has 0 saturated carbocycles. The molecule has 3 aromatic heterocycles. The van der Waals surface area contributed by atoms with Crippen molar-refractivity contribution in [1.82, 2.24) is 39.5 Å². The number of primary amides is 4. The fraction of sp³-hybridized carbons (Fsp3) is 0. The number of nitrogens with one attached hydrogen (secondary N) is 1. The van der Waals surface area contributed by atoms with Crippen LogP contribution in [0.3, 0.4) is 0 Å². The summed E-state index contributed by atoms with van der Waals surface area (Å²) in [7, 11) is 0. The first-order valence-corrected chi connectivity index (χ1v) is 15.6. The fourth-order valence-corrected chi connectivity index (χ4v) is 6.81. The lowest BCUT2D eigenvalue weighted by molar-refractivity contribution is 0.0955. The van der Waals surface area contributed by atoms with Crippen LogP contribution in [0.1, 0.15) is 31.1 Å². The van der Waals surface area contributed by atoms with Crippen LogP contribution in [-0.4, -0.2) is 63.2 Å². The monoisotopic (exact) mass is 686 g/mol. The van der Waals surface area contributed by atoms with E-state index in [1.807, 2.05) is 0 Å². The minimum Gasteiger partial charge on any atom is -0.366 e. The van der Waals surface area contributed by atoms with Crippen molar-refractivity contribution in [2.45, 2.75) is 0 Å². The predicted octanol–water partition coefficient (Wildman–Crippen LogP) is 3.57. The lowest BCUT2D eigenvalue weighted by Gasteiger charge is -2.10. The number of fused-ring (bicyclic) bond motifs is 20. The Labute approximate surface area is 290 Å². The van der Waals surface area contributed by atoms with Crippen LogP contribution in [-0.2, 0) is 0 Å². The van der Waals surface area contributed by atoms with Gasteiger partial charge in [0, 0.05) is 43.8 Å². The minimum atomic E-state index is -1.11. The standard InChI is InChI=1S/C36H22N12O4/c37-25(49)20-13-21-23(24(27(39)51)22(20)26(38)50)33-44-29-15-8-2-4-10-17(15)31(42-29)47-35-19-12-6-5-11-18(19)34(48(35)36(40)52)46-30-16-9-3-1-7-14(16)28(41-30)43-32(21)45-33/h1-13H,(H2,37,49)(H2,38,50)(H2,39,51)(H2,40,52)(H,41,42,43,44,45,46,47). The second-order valence-electron chi connectivity index (χ2n) is 11.9. The molecule has 0 saturated heterocycles. The van der Waals surface area contributed by atoms with Gasteiger partial charge in [0.2, 0.25) is 17.7 Å². The first-order valence-electron chi connectivity index (χ1n) is 15.6. The summed E-state index contributed by atoms with van der Waals surface area (Å²) in [6, 6.07) is 22.0. The van der Waals surface area contributed by atoms with E-state index in [1.54, 1.807) is 72.8 Å². The fourth-order valence-electron chi connectivity index (χ4n) is 6.81. The Bertz CT molecular complexity index is 3000. The third-order valence-corrected chi connectivity index (χ3v) is 8.97. The maximum atomic E-state index is 13.2. The van der Waals surface area contributed by atoms with Crippen molar-refractivity contribution in [3.05, 3.63) is 95.6 Å². The molecule has 4 amide bonds. The van der Waals surface area contributed by atoms with Crippen LogP contribution < -0.4 is 22.9 Å². The smallest absolute Gasteiger partial charge is 0.326 e. The Morgan fingerprint density at radius 2 is 0.942 bits per heavy atom. The van der Waals surface area contributed by atoms with Crippen molar-refractivity contribution in [2.24, 2.45) is 22.9 Å². The molecule has 8 bridgehead atoms. The summed E-state index contributed by atoms with van der Waals surface area (Å²) in [5.41, 5.74) is 24.8. The van der Waals surface area contributed by atoms with Crippen molar-refractivity contribution >= 4 is 67.9 Å². The van der Waals surface area contributed by atoms with Crippen molar-refractivity contribution < 1.29 is 19.2 Å². The highest BCUT2D eigenvalue weighted by molar-refractivity contribution is 6.25. The third-order valence-electron chi connectivity index (χ3n) is 8.97. The molecule has 16 nitrogen and oxygen atoms in total. The van der Waals surface area contributed by atoms with Gasteiger partial charge in [0.05, 0.1) is 16.7 Å². The molecule has 0 radical (unpaired) electrons. The second kappa shape index (κ2) is 10.8. The number of H-pyrrole nitrogens is 1. The molecule has 0 unspecified atom stereocenters. The molecule has 0 fully saturated rings. The molecule has 16 heteroatoms. The number of aromatic nitrogens is 8. The average molecular weight is 687 g/mol. The minimum absolute atomic E-state index is 0.0111. The Kier molecular flexibility index (Phi) is 6.28. The van der Waals surface area contributed by atoms with E-state index in [0.29, 0.717) is 33.0 Å². The normalized spacial score (nSPS) is 11.7. The molecular formula is C36H22N12O4. The van der Waals surface area contributed by atoms with Crippen LogP contribution in [0, 0.1) is 0 Å². The second-order valence-corrected chi connectivity index (χ2v) is 11.9. The van der Waals surface area contributed by atoms with Gasteiger partial charge >= 0.3 is 6.03 Å². The third kappa shape index (κ3) is 4.27. The molecule has 52 heavy (non-hydrogen) atoms. The molecule has 4 aromatic carbocycles. The number of amides is 4. The molecule has 250 valence electrons. The highest BCUT2D eigenvalue weighted by atomic mass is 16.2. The molecule has 2 aliphatic rings. The molecule has 0 spiro atoms. The van der Waals surface area contributed by atoms with Crippen LogP contribution >= 0.6 is 0 Å². The largest absolute Gasteiger partial charge is 0.366 e. The number of benzene rings is 4. The number of rotatable bonds is 3. The van der Waals surface area contributed by atoms with Gasteiger partial charge in [0.15, 0.2) is 34.6 Å². The van der Waals surface area contributed by atoms with Gasteiger partial charge in [-0.05, 0) is 6.07 Å². The topological polar surface area (TPSA) is 270 Å². The van der Waals surface area contributed by atoms with E-state index in [-0.39, 0.29) is 67.8 Å². The van der Waals surface area contributed by atoms with Crippen LogP contribution in [0.25, 0.3) is 89.7 Å². The van der Waals surface area contributed by atoms with E-state index >= 15 is 0 Å². The van der Waals surface area contributed by atoms with Gasteiger partial charge in [0.25, 0.3) is 0 Å². The van der Waals surface area contributed by atoms with E-state index in [4.69, 9.17) is 52.8 Å².